The Balaban J connectivity index is 2.23. The zero-order valence-electron chi connectivity index (χ0n) is 14.2. The zero-order chi connectivity index (χ0) is 18.1. The van der Waals surface area contributed by atoms with Crippen LogP contribution in [-0.2, 0) is 9.59 Å². The van der Waals surface area contributed by atoms with Gasteiger partial charge in [0.25, 0.3) is 0 Å². The van der Waals surface area contributed by atoms with Gasteiger partial charge in [0.05, 0.1) is 0 Å². The number of nitrogens with zero attached hydrogens (tertiary/aromatic N) is 1. The van der Waals surface area contributed by atoms with Gasteiger partial charge in [-0.1, -0.05) is 24.3 Å². The summed E-state index contributed by atoms with van der Waals surface area (Å²) < 4.78 is 0. The molecule has 1 heterocycles. The number of carboxylic acids is 1. The van der Waals surface area contributed by atoms with Crippen LogP contribution in [0.3, 0.4) is 0 Å². The number of allylic oxidation sites excluding steroid dienone is 1. The molecule has 2 aromatic rings. The summed E-state index contributed by atoms with van der Waals surface area (Å²) in [5, 5.41) is 11.5. The average Bonchev–Trinajstić information content (AvgIpc) is 2.58. The maximum absolute atomic E-state index is 11.3. The maximum Gasteiger partial charge on any atom is 0.303 e. The van der Waals surface area contributed by atoms with Crippen molar-refractivity contribution in [3.8, 4) is 0 Å². The molecule has 0 atom stereocenters. The molecule has 1 aromatic heterocycles. The molecule has 0 bridgehead atoms. The monoisotopic (exact) mass is 338 g/mol. The van der Waals surface area contributed by atoms with Gasteiger partial charge in [-0.25, -0.2) is 0 Å². The van der Waals surface area contributed by atoms with E-state index in [4.69, 9.17) is 5.11 Å². The molecule has 0 fully saturated rings. The standard InChI is InChI=1S/C20H22N2O3/c1-15(23)22-18-9-5-7-16(13-18)19(17-8-6-12-21-14-17)10-3-2-4-11-20(24)25/h5-10,12-14H,2-4,11H2,1H3,(H,22,23)(H,24,25)/b19-10+. The van der Waals surface area contributed by atoms with Gasteiger partial charge in [-0.2, -0.15) is 0 Å². The van der Waals surface area contributed by atoms with Crippen LogP contribution in [0.5, 0.6) is 0 Å². The van der Waals surface area contributed by atoms with Crippen LogP contribution in [0.4, 0.5) is 5.69 Å². The van der Waals surface area contributed by atoms with Gasteiger partial charge in [-0.15, -0.1) is 0 Å². The van der Waals surface area contributed by atoms with Gasteiger partial charge in [-0.05, 0) is 48.6 Å². The zero-order valence-corrected chi connectivity index (χ0v) is 14.2. The highest BCUT2D eigenvalue weighted by Gasteiger charge is 2.07. The molecule has 0 unspecified atom stereocenters. The summed E-state index contributed by atoms with van der Waals surface area (Å²) in [7, 11) is 0. The maximum atomic E-state index is 11.3. The van der Waals surface area contributed by atoms with Crippen molar-refractivity contribution in [1.29, 1.82) is 0 Å². The van der Waals surface area contributed by atoms with Crippen molar-refractivity contribution < 1.29 is 14.7 Å². The molecule has 2 rings (SSSR count). The molecule has 0 aliphatic carbocycles. The smallest absolute Gasteiger partial charge is 0.303 e. The summed E-state index contributed by atoms with van der Waals surface area (Å²) in [6, 6.07) is 11.5. The van der Waals surface area contributed by atoms with Crippen LogP contribution in [0.1, 0.15) is 43.7 Å². The van der Waals surface area contributed by atoms with Gasteiger partial charge >= 0.3 is 5.97 Å². The Hall–Kier alpha value is -2.95. The summed E-state index contributed by atoms with van der Waals surface area (Å²) in [6.07, 6.45) is 8.05. The van der Waals surface area contributed by atoms with Crippen molar-refractivity contribution in [1.82, 2.24) is 4.98 Å². The fourth-order valence-corrected chi connectivity index (χ4v) is 2.56. The van der Waals surface area contributed by atoms with Gasteiger partial charge in [-0.3, -0.25) is 14.6 Å². The predicted molar refractivity (Wildman–Crippen MR) is 98.2 cm³/mol. The molecular weight excluding hydrogens is 316 g/mol. The SMILES string of the molecule is CC(=O)Nc1cccc(/C(=C\CCCCC(=O)O)c2cccnc2)c1. The lowest BCUT2D eigenvalue weighted by atomic mass is 9.97. The van der Waals surface area contributed by atoms with E-state index in [0.29, 0.717) is 6.42 Å². The molecule has 2 N–H and O–H groups in total. The highest BCUT2D eigenvalue weighted by molar-refractivity contribution is 5.90. The van der Waals surface area contributed by atoms with Crippen molar-refractivity contribution in [2.24, 2.45) is 0 Å². The average molecular weight is 338 g/mol. The number of carboxylic acid groups (broad SMARTS) is 1. The van der Waals surface area contributed by atoms with Crippen LogP contribution >= 0.6 is 0 Å². The summed E-state index contributed by atoms with van der Waals surface area (Å²) in [5.41, 5.74) is 3.74. The minimum absolute atomic E-state index is 0.113. The molecule has 0 spiro atoms. The van der Waals surface area contributed by atoms with Crippen molar-refractivity contribution in [2.45, 2.75) is 32.6 Å². The van der Waals surface area contributed by atoms with Crippen LogP contribution in [0, 0.1) is 0 Å². The number of aliphatic carboxylic acids is 1. The molecule has 1 aromatic carbocycles. The number of carbonyl (C=O) groups is 2. The second-order valence-corrected chi connectivity index (χ2v) is 5.76. The molecule has 5 heteroatoms. The molecular formula is C20H22N2O3. The third-order valence-electron chi connectivity index (χ3n) is 3.66. The van der Waals surface area contributed by atoms with Crippen LogP contribution in [0.15, 0.2) is 54.9 Å². The topological polar surface area (TPSA) is 79.3 Å². The molecule has 1 amide bonds. The quantitative estimate of drug-likeness (QED) is 0.710. The van der Waals surface area contributed by atoms with E-state index in [1.807, 2.05) is 36.4 Å². The number of anilines is 1. The number of carbonyl (C=O) groups excluding carboxylic acids is 1. The van der Waals surface area contributed by atoms with E-state index in [2.05, 4.69) is 16.4 Å². The van der Waals surface area contributed by atoms with Crippen LogP contribution in [0.25, 0.3) is 5.57 Å². The first-order valence-electron chi connectivity index (χ1n) is 8.26. The number of benzene rings is 1. The highest BCUT2D eigenvalue weighted by atomic mass is 16.4. The summed E-state index contributed by atoms with van der Waals surface area (Å²) in [5.74, 6) is -0.878. The van der Waals surface area contributed by atoms with E-state index < -0.39 is 5.97 Å². The second-order valence-electron chi connectivity index (χ2n) is 5.76. The van der Waals surface area contributed by atoms with E-state index in [1.54, 1.807) is 12.4 Å². The number of hydrogen-bond donors (Lipinski definition) is 2. The van der Waals surface area contributed by atoms with Crippen molar-refractivity contribution >= 4 is 23.1 Å². The number of aromatic nitrogens is 1. The van der Waals surface area contributed by atoms with Gasteiger partial charge < -0.3 is 10.4 Å². The molecule has 0 saturated heterocycles. The number of amides is 1. The van der Waals surface area contributed by atoms with E-state index in [-0.39, 0.29) is 12.3 Å². The van der Waals surface area contributed by atoms with Gasteiger partial charge in [0.15, 0.2) is 0 Å². The Labute approximate surface area is 147 Å². The van der Waals surface area contributed by atoms with E-state index in [9.17, 15) is 9.59 Å². The van der Waals surface area contributed by atoms with Gasteiger partial charge in [0.1, 0.15) is 0 Å². The Morgan fingerprint density at radius 2 is 1.96 bits per heavy atom. The summed E-state index contributed by atoms with van der Waals surface area (Å²) in [6.45, 7) is 1.48. The molecule has 130 valence electrons. The number of nitrogens with one attached hydrogen (secondary N) is 1. The first-order valence-corrected chi connectivity index (χ1v) is 8.26. The number of pyridine rings is 1. The Morgan fingerprint density at radius 1 is 1.16 bits per heavy atom. The van der Waals surface area contributed by atoms with E-state index in [0.717, 1.165) is 35.2 Å². The predicted octanol–water partition coefficient (Wildman–Crippen LogP) is 4.12. The van der Waals surface area contributed by atoms with Gasteiger partial charge in [0.2, 0.25) is 5.91 Å². The third-order valence-corrected chi connectivity index (χ3v) is 3.66. The Bertz CT molecular complexity index is 755. The fraction of sp³-hybridized carbons (Fsp3) is 0.250. The lowest BCUT2D eigenvalue weighted by Crippen LogP contribution is -2.05. The van der Waals surface area contributed by atoms with Crippen molar-refractivity contribution in [3.05, 3.63) is 66.0 Å². The highest BCUT2D eigenvalue weighted by Crippen LogP contribution is 2.26. The lowest BCUT2D eigenvalue weighted by molar-refractivity contribution is -0.137. The number of unbranched alkanes of at least 4 members (excludes halogenated alkanes) is 2. The second kappa shape index (κ2) is 9.37. The van der Waals surface area contributed by atoms with E-state index >= 15 is 0 Å². The normalized spacial score (nSPS) is 11.2. The molecule has 0 radical (unpaired) electrons. The Kier molecular flexibility index (Phi) is 6.89. The molecule has 0 aliphatic heterocycles. The minimum Gasteiger partial charge on any atom is -0.481 e. The van der Waals surface area contributed by atoms with Crippen LogP contribution in [-0.4, -0.2) is 22.0 Å². The van der Waals surface area contributed by atoms with Crippen LogP contribution in [0.2, 0.25) is 0 Å². The third kappa shape index (κ3) is 6.22. The fourth-order valence-electron chi connectivity index (χ4n) is 2.56. The lowest BCUT2D eigenvalue weighted by Gasteiger charge is -2.11. The molecule has 0 aliphatic rings. The molecule has 0 saturated carbocycles. The minimum atomic E-state index is -0.764. The number of rotatable bonds is 8. The molecule has 5 nitrogen and oxygen atoms in total. The van der Waals surface area contributed by atoms with Crippen LogP contribution < -0.4 is 5.32 Å². The van der Waals surface area contributed by atoms with E-state index in [1.165, 1.54) is 6.92 Å². The van der Waals surface area contributed by atoms with Crippen molar-refractivity contribution in [3.63, 3.8) is 0 Å². The summed E-state index contributed by atoms with van der Waals surface area (Å²) >= 11 is 0. The first-order chi connectivity index (χ1) is 12.1. The Morgan fingerprint density at radius 3 is 2.64 bits per heavy atom. The first kappa shape index (κ1) is 18.4. The molecule has 25 heavy (non-hydrogen) atoms. The van der Waals surface area contributed by atoms with Gasteiger partial charge in [0, 0.05) is 37.0 Å². The van der Waals surface area contributed by atoms with Crippen molar-refractivity contribution in [2.75, 3.05) is 5.32 Å². The number of hydrogen-bond acceptors (Lipinski definition) is 3. The summed E-state index contributed by atoms with van der Waals surface area (Å²) in [4.78, 5) is 26.1. The largest absolute Gasteiger partial charge is 0.481 e.